The van der Waals surface area contributed by atoms with E-state index >= 15 is 0 Å². The van der Waals surface area contributed by atoms with Crippen LogP contribution < -0.4 is 0 Å². The third-order valence-corrected chi connectivity index (χ3v) is 3.36. The molecule has 2 rings (SSSR count). The third-order valence-electron chi connectivity index (χ3n) is 3.05. The maximum absolute atomic E-state index is 12.3. The summed E-state index contributed by atoms with van der Waals surface area (Å²) in [6.45, 7) is 5.47. The van der Waals surface area contributed by atoms with Gasteiger partial charge in [-0.1, -0.05) is 17.7 Å². The van der Waals surface area contributed by atoms with Gasteiger partial charge in [-0.25, -0.2) is 0 Å². The van der Waals surface area contributed by atoms with Crippen LogP contribution in [0.3, 0.4) is 0 Å². The van der Waals surface area contributed by atoms with E-state index < -0.39 is 5.54 Å². The number of nitrogens with zero attached hydrogens (tertiary/aromatic N) is 1. The molecule has 1 aromatic carbocycles. The lowest BCUT2D eigenvalue weighted by Gasteiger charge is -2.29. The monoisotopic (exact) mass is 293 g/mol. The van der Waals surface area contributed by atoms with Crippen LogP contribution in [0.15, 0.2) is 23.8 Å². The molecule has 20 heavy (non-hydrogen) atoms. The van der Waals surface area contributed by atoms with Crippen LogP contribution >= 0.6 is 11.6 Å². The maximum Gasteiger partial charge on any atom is 0.257 e. The number of rotatable bonds is 1. The van der Waals surface area contributed by atoms with Gasteiger partial charge < -0.3 is 5.11 Å². The van der Waals surface area contributed by atoms with Gasteiger partial charge in [0.15, 0.2) is 0 Å². The first-order chi connectivity index (χ1) is 9.20. The molecule has 0 radical (unpaired) electrons. The Balaban J connectivity index is 2.35. The molecule has 1 N–H and O–H groups in total. The van der Waals surface area contributed by atoms with E-state index in [-0.39, 0.29) is 29.0 Å². The van der Waals surface area contributed by atoms with Gasteiger partial charge in [0, 0.05) is 11.1 Å². The van der Waals surface area contributed by atoms with Gasteiger partial charge in [0.2, 0.25) is 5.91 Å². The van der Waals surface area contributed by atoms with Crippen LogP contribution in [-0.2, 0) is 9.59 Å². The van der Waals surface area contributed by atoms with Gasteiger partial charge in [0.25, 0.3) is 5.91 Å². The van der Waals surface area contributed by atoms with E-state index in [9.17, 15) is 14.7 Å². The highest BCUT2D eigenvalue weighted by Gasteiger charge is 2.40. The average Bonchev–Trinajstić information content (AvgIpc) is 2.58. The average molecular weight is 294 g/mol. The Kier molecular flexibility index (Phi) is 3.61. The molecule has 1 aliphatic rings. The predicted molar refractivity (Wildman–Crippen MR) is 77.3 cm³/mol. The second-order valence-electron chi connectivity index (χ2n) is 5.76. The van der Waals surface area contributed by atoms with Crippen LogP contribution in [0.4, 0.5) is 0 Å². The van der Waals surface area contributed by atoms with E-state index in [1.54, 1.807) is 18.2 Å². The summed E-state index contributed by atoms with van der Waals surface area (Å²) in [7, 11) is 0. The number of benzene rings is 1. The first-order valence-electron chi connectivity index (χ1n) is 6.26. The van der Waals surface area contributed by atoms with Crippen LogP contribution in [0.2, 0.25) is 5.02 Å². The Bertz CT molecular complexity index is 614. The zero-order valence-electron chi connectivity index (χ0n) is 11.6. The van der Waals surface area contributed by atoms with Gasteiger partial charge in [-0.3, -0.25) is 14.5 Å². The van der Waals surface area contributed by atoms with Crippen molar-refractivity contribution < 1.29 is 14.7 Å². The van der Waals surface area contributed by atoms with E-state index in [0.717, 1.165) is 0 Å². The summed E-state index contributed by atoms with van der Waals surface area (Å²) in [5.74, 6) is -0.482. The standard InChI is InChI=1S/C15H16ClNO3/c1-15(2,3)17-13(19)8-10(14(17)20)6-9-4-5-12(18)11(16)7-9/h4-7,18H,8H2,1-3H3/b10-6+. The normalized spacial score (nSPS) is 18.2. The van der Waals surface area contributed by atoms with Crippen LogP contribution in [0.1, 0.15) is 32.8 Å². The highest BCUT2D eigenvalue weighted by atomic mass is 35.5. The topological polar surface area (TPSA) is 57.6 Å². The number of halogens is 1. The Morgan fingerprint density at radius 3 is 2.45 bits per heavy atom. The minimum atomic E-state index is -0.531. The summed E-state index contributed by atoms with van der Waals surface area (Å²) < 4.78 is 0. The Hall–Kier alpha value is -1.81. The molecule has 1 aliphatic heterocycles. The third kappa shape index (κ3) is 2.70. The molecular formula is C15H16ClNO3. The lowest BCUT2D eigenvalue weighted by molar-refractivity contribution is -0.142. The molecule has 2 amide bonds. The molecule has 0 aromatic heterocycles. The molecular weight excluding hydrogens is 278 g/mol. The van der Waals surface area contributed by atoms with Crippen molar-refractivity contribution in [3.63, 3.8) is 0 Å². The zero-order valence-corrected chi connectivity index (χ0v) is 12.4. The molecule has 0 bridgehead atoms. The molecule has 4 nitrogen and oxygen atoms in total. The summed E-state index contributed by atoms with van der Waals surface area (Å²) in [5, 5.41) is 9.58. The summed E-state index contributed by atoms with van der Waals surface area (Å²) >= 11 is 5.82. The summed E-state index contributed by atoms with van der Waals surface area (Å²) in [4.78, 5) is 25.5. The molecule has 1 fully saturated rings. The van der Waals surface area contributed by atoms with Crippen molar-refractivity contribution in [2.75, 3.05) is 0 Å². The predicted octanol–water partition coefficient (Wildman–Crippen LogP) is 2.99. The van der Waals surface area contributed by atoms with Crippen LogP contribution in [0, 0.1) is 0 Å². The fourth-order valence-electron chi connectivity index (χ4n) is 2.18. The smallest absolute Gasteiger partial charge is 0.257 e. The summed E-state index contributed by atoms with van der Waals surface area (Å²) in [6.07, 6.45) is 1.73. The van der Waals surface area contributed by atoms with Crippen LogP contribution in [0.25, 0.3) is 6.08 Å². The van der Waals surface area contributed by atoms with E-state index in [1.165, 1.54) is 11.0 Å². The van der Waals surface area contributed by atoms with Crippen molar-refractivity contribution in [2.24, 2.45) is 0 Å². The van der Waals surface area contributed by atoms with E-state index in [4.69, 9.17) is 11.6 Å². The minimum absolute atomic E-state index is 0.0149. The van der Waals surface area contributed by atoms with Gasteiger partial charge in [-0.05, 0) is 44.5 Å². The van der Waals surface area contributed by atoms with E-state index in [2.05, 4.69) is 0 Å². The number of aromatic hydroxyl groups is 1. The maximum atomic E-state index is 12.3. The van der Waals surface area contributed by atoms with Crippen LogP contribution in [0.5, 0.6) is 5.75 Å². The van der Waals surface area contributed by atoms with Crippen molar-refractivity contribution in [2.45, 2.75) is 32.7 Å². The quantitative estimate of drug-likeness (QED) is 0.640. The molecule has 1 saturated heterocycles. The van der Waals surface area contributed by atoms with Gasteiger partial charge in [-0.15, -0.1) is 0 Å². The van der Waals surface area contributed by atoms with Crippen LogP contribution in [-0.4, -0.2) is 27.4 Å². The Morgan fingerprint density at radius 2 is 1.95 bits per heavy atom. The largest absolute Gasteiger partial charge is 0.506 e. The number of amides is 2. The highest BCUT2D eigenvalue weighted by Crippen LogP contribution is 2.30. The fraction of sp³-hybridized carbons (Fsp3) is 0.333. The van der Waals surface area contributed by atoms with Gasteiger partial charge in [-0.2, -0.15) is 0 Å². The molecule has 0 aliphatic carbocycles. The van der Waals surface area contributed by atoms with E-state index in [0.29, 0.717) is 11.1 Å². The molecule has 0 saturated carbocycles. The summed E-state index contributed by atoms with van der Waals surface area (Å²) in [5.41, 5.74) is 0.586. The number of hydrogen-bond donors (Lipinski definition) is 1. The van der Waals surface area contributed by atoms with E-state index in [1.807, 2.05) is 20.8 Å². The number of phenols is 1. The molecule has 5 heteroatoms. The Morgan fingerprint density at radius 1 is 1.30 bits per heavy atom. The highest BCUT2D eigenvalue weighted by molar-refractivity contribution is 6.32. The van der Waals surface area contributed by atoms with Gasteiger partial charge in [0.05, 0.1) is 11.4 Å². The number of carbonyl (C=O) groups excluding carboxylic acids is 2. The number of carbonyl (C=O) groups is 2. The summed E-state index contributed by atoms with van der Waals surface area (Å²) in [6, 6.07) is 4.66. The van der Waals surface area contributed by atoms with Crippen molar-refractivity contribution in [3.05, 3.63) is 34.4 Å². The van der Waals surface area contributed by atoms with Crippen molar-refractivity contribution >= 4 is 29.5 Å². The number of likely N-dealkylation sites (tertiary alicyclic amines) is 1. The first-order valence-corrected chi connectivity index (χ1v) is 6.64. The number of phenolic OH excluding ortho intramolecular Hbond substituents is 1. The fourth-order valence-corrected chi connectivity index (χ4v) is 2.37. The molecule has 0 unspecified atom stereocenters. The number of imide groups is 1. The second-order valence-corrected chi connectivity index (χ2v) is 6.17. The van der Waals surface area contributed by atoms with Crippen molar-refractivity contribution in [3.8, 4) is 5.75 Å². The van der Waals surface area contributed by atoms with Crippen molar-refractivity contribution in [1.29, 1.82) is 0 Å². The number of hydrogen-bond acceptors (Lipinski definition) is 3. The van der Waals surface area contributed by atoms with Gasteiger partial charge in [0.1, 0.15) is 5.75 Å². The lowest BCUT2D eigenvalue weighted by Crippen LogP contribution is -2.44. The first kappa shape index (κ1) is 14.6. The van der Waals surface area contributed by atoms with Gasteiger partial charge >= 0.3 is 0 Å². The second kappa shape index (κ2) is 4.94. The molecule has 106 valence electrons. The molecule has 0 spiro atoms. The molecule has 0 atom stereocenters. The van der Waals surface area contributed by atoms with Crippen molar-refractivity contribution in [1.82, 2.24) is 4.90 Å². The SMILES string of the molecule is CC(C)(C)N1C(=O)C/C(=C\c2ccc(O)c(Cl)c2)C1=O. The Labute approximate surface area is 122 Å². The lowest BCUT2D eigenvalue weighted by atomic mass is 10.1. The molecule has 1 heterocycles. The molecule has 1 aromatic rings. The zero-order chi connectivity index (χ0) is 15.1. The minimum Gasteiger partial charge on any atom is -0.506 e.